The van der Waals surface area contributed by atoms with Crippen LogP contribution >= 0.6 is 21.6 Å². The average Bonchev–Trinajstić information content (AvgIpc) is 2.22. The maximum atomic E-state index is 4.91. The Labute approximate surface area is 78.9 Å². The number of hydrogen-bond donors (Lipinski definition) is 1. The predicted octanol–water partition coefficient (Wildman–Crippen LogP) is -2.24. The fourth-order valence-corrected chi connectivity index (χ4v) is 1.40. The van der Waals surface area contributed by atoms with Crippen molar-refractivity contribution in [3.05, 3.63) is 0 Å². The summed E-state index contributed by atoms with van der Waals surface area (Å²) in [5.41, 5.74) is 0. The topological polar surface area (TPSA) is 12.0 Å². The Balaban J connectivity index is 0.000000360. The largest absolute Gasteiger partial charge is 1.00 e. The molecular weight excluding hydrogens is 157 g/mol. The molecule has 0 amide bonds. The van der Waals surface area contributed by atoms with Crippen molar-refractivity contribution >= 4 is 34.2 Å². The zero-order valence-electron chi connectivity index (χ0n) is 4.22. The average molecular weight is 161 g/mol. The standard InChI is InChI=1S/C2H5NS3.Na/c1-3-2(4)5-6-2;/h3-4H,1H3;/q;+1/p-1. The van der Waals surface area contributed by atoms with Crippen LogP contribution in [-0.2, 0) is 12.6 Å². The van der Waals surface area contributed by atoms with Gasteiger partial charge in [0.1, 0.15) is 0 Å². The molecule has 1 N–H and O–H groups in total. The van der Waals surface area contributed by atoms with Crippen LogP contribution in [-0.4, -0.2) is 10.6 Å². The van der Waals surface area contributed by atoms with E-state index in [1.165, 1.54) is 0 Å². The Morgan fingerprint density at radius 2 is 2.00 bits per heavy atom. The molecule has 0 saturated carbocycles. The molecule has 0 aromatic carbocycles. The van der Waals surface area contributed by atoms with Crippen molar-refractivity contribution in [3.63, 3.8) is 0 Å². The Morgan fingerprint density at radius 3 is 2.00 bits per heavy atom. The molecule has 0 radical (unpaired) electrons. The number of hydrogen-bond acceptors (Lipinski definition) is 4. The first-order chi connectivity index (χ1) is 2.77. The zero-order valence-corrected chi connectivity index (χ0v) is 8.67. The molecule has 0 spiro atoms. The van der Waals surface area contributed by atoms with Crippen molar-refractivity contribution in [1.82, 2.24) is 5.32 Å². The van der Waals surface area contributed by atoms with Gasteiger partial charge in [-0.1, -0.05) is 21.6 Å². The van der Waals surface area contributed by atoms with Gasteiger partial charge < -0.3 is 17.9 Å². The number of rotatable bonds is 1. The molecule has 1 heterocycles. The van der Waals surface area contributed by atoms with E-state index in [4.69, 9.17) is 12.6 Å². The van der Waals surface area contributed by atoms with E-state index in [0.717, 1.165) is 0 Å². The van der Waals surface area contributed by atoms with E-state index in [1.807, 2.05) is 7.05 Å². The molecule has 1 rings (SSSR count). The minimum atomic E-state index is -0.0417. The van der Waals surface area contributed by atoms with Crippen LogP contribution in [0.4, 0.5) is 0 Å². The maximum absolute atomic E-state index is 4.91. The first kappa shape index (κ1) is 9.01. The quantitative estimate of drug-likeness (QED) is 0.202. The second-order valence-electron chi connectivity index (χ2n) is 0.973. The predicted molar refractivity (Wildman–Crippen MR) is 34.3 cm³/mol. The van der Waals surface area contributed by atoms with Gasteiger partial charge >= 0.3 is 29.6 Å². The SMILES string of the molecule is CNC1([S-])SS1.[Na+]. The van der Waals surface area contributed by atoms with Gasteiger partial charge in [0.05, 0.1) is 0 Å². The molecule has 36 valence electrons. The Hall–Kier alpha value is 2.01. The fraction of sp³-hybridized carbons (Fsp3) is 1.00. The van der Waals surface area contributed by atoms with Crippen LogP contribution in [0.1, 0.15) is 0 Å². The van der Waals surface area contributed by atoms with Crippen molar-refractivity contribution in [2.75, 3.05) is 7.05 Å². The van der Waals surface area contributed by atoms with Crippen LogP contribution in [0.2, 0.25) is 0 Å². The molecule has 0 aliphatic carbocycles. The van der Waals surface area contributed by atoms with E-state index in [2.05, 4.69) is 5.32 Å². The summed E-state index contributed by atoms with van der Waals surface area (Å²) < 4.78 is -0.0417. The molecule has 0 aromatic heterocycles. The summed E-state index contributed by atoms with van der Waals surface area (Å²) in [5, 5.41) is 2.96. The Kier molecular flexibility index (Phi) is 4.18. The summed E-state index contributed by atoms with van der Waals surface area (Å²) in [6.45, 7) is 0. The van der Waals surface area contributed by atoms with E-state index in [-0.39, 0.29) is 33.1 Å². The minimum absolute atomic E-state index is 0. The molecule has 0 aromatic rings. The normalized spacial score (nSPS) is 23.1. The minimum Gasteiger partial charge on any atom is -0.747 e. The molecule has 0 unspecified atom stereocenters. The molecule has 5 heteroatoms. The summed E-state index contributed by atoms with van der Waals surface area (Å²) in [7, 11) is 5.26. The van der Waals surface area contributed by atoms with Gasteiger partial charge in [-0.05, 0) is 7.05 Å². The Morgan fingerprint density at radius 1 is 1.57 bits per heavy atom. The second kappa shape index (κ2) is 3.25. The Bertz CT molecular complexity index is 64.0. The second-order valence-corrected chi connectivity index (χ2v) is 4.92. The van der Waals surface area contributed by atoms with E-state index in [1.54, 1.807) is 21.6 Å². The van der Waals surface area contributed by atoms with E-state index in [0.29, 0.717) is 0 Å². The monoisotopic (exact) mass is 161 g/mol. The molecule has 1 saturated heterocycles. The van der Waals surface area contributed by atoms with Crippen LogP contribution in [0.3, 0.4) is 0 Å². The van der Waals surface area contributed by atoms with Crippen molar-refractivity contribution in [2.45, 2.75) is 3.54 Å². The van der Waals surface area contributed by atoms with Gasteiger partial charge in [-0.15, -0.1) is 0 Å². The molecule has 1 aliphatic heterocycles. The summed E-state index contributed by atoms with van der Waals surface area (Å²) >= 11 is 4.91. The van der Waals surface area contributed by atoms with Crippen molar-refractivity contribution in [1.29, 1.82) is 0 Å². The maximum Gasteiger partial charge on any atom is 1.00 e. The van der Waals surface area contributed by atoms with Crippen LogP contribution in [0.25, 0.3) is 0 Å². The summed E-state index contributed by atoms with van der Waals surface area (Å²) in [5.74, 6) is 0. The fourth-order valence-electron chi connectivity index (χ4n) is 0.121. The molecule has 0 bridgehead atoms. The molecule has 1 nitrogen and oxygen atoms in total. The number of nitrogens with one attached hydrogen (secondary N) is 1. The van der Waals surface area contributed by atoms with Crippen LogP contribution < -0.4 is 34.9 Å². The summed E-state index contributed by atoms with van der Waals surface area (Å²) in [6, 6.07) is 0. The van der Waals surface area contributed by atoms with Crippen molar-refractivity contribution in [2.24, 2.45) is 0 Å². The van der Waals surface area contributed by atoms with E-state index < -0.39 is 0 Å². The van der Waals surface area contributed by atoms with Gasteiger partial charge in [-0.3, -0.25) is 0 Å². The molecule has 0 atom stereocenters. The third kappa shape index (κ3) is 2.89. The zero-order chi connectivity index (χ0) is 4.62. The summed E-state index contributed by atoms with van der Waals surface area (Å²) in [4.78, 5) is 0. The summed E-state index contributed by atoms with van der Waals surface area (Å²) in [6.07, 6.45) is 0. The smallest absolute Gasteiger partial charge is 0.747 e. The van der Waals surface area contributed by atoms with Gasteiger partial charge in [-0.25, -0.2) is 0 Å². The van der Waals surface area contributed by atoms with Crippen molar-refractivity contribution < 1.29 is 29.6 Å². The van der Waals surface area contributed by atoms with E-state index >= 15 is 0 Å². The van der Waals surface area contributed by atoms with Gasteiger partial charge in [0, 0.05) is 3.54 Å². The first-order valence-electron chi connectivity index (χ1n) is 1.53. The van der Waals surface area contributed by atoms with Crippen LogP contribution in [0.5, 0.6) is 0 Å². The van der Waals surface area contributed by atoms with Gasteiger partial charge in [0.2, 0.25) is 0 Å². The van der Waals surface area contributed by atoms with Crippen molar-refractivity contribution in [3.8, 4) is 0 Å². The third-order valence-corrected chi connectivity index (χ3v) is 4.26. The molecular formula is C2H4NNaS3. The van der Waals surface area contributed by atoms with Gasteiger partial charge in [0.15, 0.2) is 0 Å². The van der Waals surface area contributed by atoms with E-state index in [9.17, 15) is 0 Å². The van der Waals surface area contributed by atoms with Crippen LogP contribution in [0.15, 0.2) is 0 Å². The van der Waals surface area contributed by atoms with Gasteiger partial charge in [0.25, 0.3) is 0 Å². The third-order valence-electron chi connectivity index (χ3n) is 0.541. The van der Waals surface area contributed by atoms with Gasteiger partial charge in [-0.2, -0.15) is 0 Å². The first-order valence-corrected chi connectivity index (χ1v) is 4.09. The molecule has 1 aliphatic rings. The van der Waals surface area contributed by atoms with Crippen LogP contribution in [0, 0.1) is 0 Å². The molecule has 1 fully saturated rings. The molecule has 7 heavy (non-hydrogen) atoms.